The van der Waals surface area contributed by atoms with Crippen molar-refractivity contribution in [1.29, 1.82) is 0 Å². The summed E-state index contributed by atoms with van der Waals surface area (Å²) in [6.07, 6.45) is 2.53. The van der Waals surface area contributed by atoms with Crippen LogP contribution >= 0.6 is 12.6 Å². The molecule has 1 atom stereocenters. The molecular weight excluding hydrogens is 686 g/mol. The van der Waals surface area contributed by atoms with E-state index in [1.807, 2.05) is 86.2 Å². The Balaban J connectivity index is 0.000000555. The number of β-lactam (4-membered cyclic amide) rings is 1. The van der Waals surface area contributed by atoms with Crippen molar-refractivity contribution in [3.63, 3.8) is 0 Å². The van der Waals surface area contributed by atoms with Gasteiger partial charge in [0, 0.05) is 39.7 Å². The van der Waals surface area contributed by atoms with Gasteiger partial charge in [-0.05, 0) is 78.1 Å². The third-order valence-corrected chi connectivity index (χ3v) is 7.83. The number of amides is 1. The fourth-order valence-electron chi connectivity index (χ4n) is 5.11. The Morgan fingerprint density at radius 2 is 1.26 bits per heavy atom. The molecule has 1 heterocycles. The van der Waals surface area contributed by atoms with Gasteiger partial charge in [0.1, 0.15) is 25.0 Å². The minimum atomic E-state index is -0.167. The van der Waals surface area contributed by atoms with Crippen LogP contribution in [0.2, 0.25) is 0 Å². The molecule has 5 aromatic carbocycles. The third-order valence-electron chi connectivity index (χ3n) is 7.51. The number of nitrogens with zero attached hydrogens (tertiary/aromatic N) is 1. The second-order valence-electron chi connectivity index (χ2n) is 11.5. The van der Waals surface area contributed by atoms with Crippen molar-refractivity contribution in [2.75, 3.05) is 39.1 Å². The Morgan fingerprint density at radius 1 is 0.736 bits per heavy atom. The molecule has 0 saturated carbocycles. The van der Waals surface area contributed by atoms with Gasteiger partial charge < -0.3 is 23.9 Å². The Hall–Kier alpha value is -4.76. The molecule has 284 valence electrons. The predicted octanol–water partition coefficient (Wildman–Crippen LogP) is 10.8. The van der Waals surface area contributed by atoms with Crippen molar-refractivity contribution in [1.82, 2.24) is 0 Å². The molecule has 0 N–H and O–H groups in total. The van der Waals surface area contributed by atoms with Crippen LogP contribution < -0.4 is 9.64 Å². The van der Waals surface area contributed by atoms with Gasteiger partial charge in [0.2, 0.25) is 5.91 Å². The highest BCUT2D eigenvalue weighted by atomic mass is 32.1. The largest absolute Gasteiger partial charge is 0.489 e. The highest BCUT2D eigenvalue weighted by Gasteiger charge is 2.39. The Morgan fingerprint density at radius 3 is 1.79 bits per heavy atom. The van der Waals surface area contributed by atoms with E-state index in [2.05, 4.69) is 83.6 Å². The highest BCUT2D eigenvalue weighted by molar-refractivity contribution is 7.80. The number of para-hydroxylation sites is 1. The lowest BCUT2D eigenvalue weighted by molar-refractivity contribution is -0.124. The van der Waals surface area contributed by atoms with Gasteiger partial charge in [-0.25, -0.2) is 4.39 Å². The van der Waals surface area contributed by atoms with Crippen molar-refractivity contribution < 1.29 is 28.2 Å². The molecule has 8 heteroatoms. The van der Waals surface area contributed by atoms with Crippen molar-refractivity contribution in [2.24, 2.45) is 0 Å². The van der Waals surface area contributed by atoms with Gasteiger partial charge in [0.05, 0.1) is 12.5 Å². The number of aryl methyl sites for hydroxylation is 2. The number of rotatable bonds is 9. The van der Waals surface area contributed by atoms with Crippen LogP contribution in [0.3, 0.4) is 0 Å². The van der Waals surface area contributed by atoms with Crippen molar-refractivity contribution in [3.8, 4) is 16.9 Å². The van der Waals surface area contributed by atoms with Crippen molar-refractivity contribution >= 4 is 31.0 Å². The van der Waals surface area contributed by atoms with E-state index in [0.29, 0.717) is 13.0 Å². The summed E-state index contributed by atoms with van der Waals surface area (Å²) in [5, 5.41) is 0. The van der Waals surface area contributed by atoms with Gasteiger partial charge >= 0.3 is 0 Å². The molecule has 0 spiro atoms. The number of hydrogen-bond donors (Lipinski definition) is 1. The van der Waals surface area contributed by atoms with E-state index in [1.165, 1.54) is 23.3 Å². The molecule has 1 aliphatic rings. The van der Waals surface area contributed by atoms with E-state index in [0.717, 1.165) is 52.3 Å². The maximum atomic E-state index is 12.5. The molecule has 1 aliphatic heterocycles. The molecule has 1 unspecified atom stereocenters. The monoisotopic (exact) mass is 741 g/mol. The lowest BCUT2D eigenvalue weighted by Gasteiger charge is -2.41. The van der Waals surface area contributed by atoms with Crippen LogP contribution in [0.4, 0.5) is 10.1 Å². The van der Waals surface area contributed by atoms with Gasteiger partial charge in [-0.15, -0.1) is 0 Å². The van der Waals surface area contributed by atoms with Crippen LogP contribution in [0, 0.1) is 12.7 Å². The summed E-state index contributed by atoms with van der Waals surface area (Å²) < 4.78 is 27.2. The molecule has 1 amide bonds. The van der Waals surface area contributed by atoms with E-state index in [1.54, 1.807) is 28.4 Å². The van der Waals surface area contributed by atoms with Crippen molar-refractivity contribution in [3.05, 3.63) is 155 Å². The second-order valence-corrected chi connectivity index (χ2v) is 11.9. The number of halogens is 1. The van der Waals surface area contributed by atoms with Gasteiger partial charge in [-0.1, -0.05) is 116 Å². The first-order valence-electron chi connectivity index (χ1n) is 17.5. The summed E-state index contributed by atoms with van der Waals surface area (Å²) in [4.78, 5) is 22.4. The molecule has 0 radical (unpaired) electrons. The van der Waals surface area contributed by atoms with Crippen LogP contribution in [0.15, 0.2) is 127 Å². The Kier molecular flexibility index (Phi) is 24.3. The van der Waals surface area contributed by atoms with Gasteiger partial charge in [0.15, 0.2) is 0 Å². The molecule has 0 bridgehead atoms. The first-order chi connectivity index (χ1) is 25.8. The molecule has 6 nitrogen and oxygen atoms in total. The highest BCUT2D eigenvalue weighted by Crippen LogP contribution is 2.43. The lowest BCUT2D eigenvalue weighted by atomic mass is 9.90. The zero-order valence-corrected chi connectivity index (χ0v) is 33.2. The molecule has 0 aliphatic carbocycles. The molecule has 53 heavy (non-hydrogen) atoms. The van der Waals surface area contributed by atoms with Gasteiger partial charge in [-0.2, -0.15) is 12.6 Å². The normalized spacial score (nSPS) is 12.2. The molecule has 0 aromatic heterocycles. The number of hydrogen-bond acceptors (Lipinski definition) is 6. The number of thiol groups is 1. The molecule has 6 rings (SSSR count). The van der Waals surface area contributed by atoms with Crippen LogP contribution in [-0.4, -0.2) is 46.9 Å². The Bertz CT molecular complexity index is 1670. The molecule has 1 fully saturated rings. The summed E-state index contributed by atoms with van der Waals surface area (Å²) in [5.41, 5.74) is 7.75. The van der Waals surface area contributed by atoms with Crippen molar-refractivity contribution in [2.45, 2.75) is 52.7 Å². The van der Waals surface area contributed by atoms with E-state index in [4.69, 9.17) is 9.53 Å². The number of carbonyl (C=O) groups is 2. The fourth-order valence-corrected chi connectivity index (χ4v) is 5.27. The second kappa shape index (κ2) is 27.8. The zero-order chi connectivity index (χ0) is 39.4. The van der Waals surface area contributed by atoms with Crippen LogP contribution in [-0.2, 0) is 32.1 Å². The summed E-state index contributed by atoms with van der Waals surface area (Å²) in [5.74, 6) is 1.68. The minimum Gasteiger partial charge on any atom is -0.489 e. The van der Waals surface area contributed by atoms with Crippen LogP contribution in [0.1, 0.15) is 55.0 Å². The molecule has 1 saturated heterocycles. The maximum Gasteiger partial charge on any atom is 0.230 e. The number of methoxy groups -OCH3 is 2. The number of benzene rings is 5. The number of ether oxygens (including phenoxy) is 3. The maximum absolute atomic E-state index is 12.5. The average molecular weight is 742 g/mol. The van der Waals surface area contributed by atoms with E-state index >= 15 is 0 Å². The zero-order valence-electron chi connectivity index (χ0n) is 32.3. The fraction of sp³-hybridized carbons (Fsp3) is 0.289. The Labute approximate surface area is 322 Å². The summed E-state index contributed by atoms with van der Waals surface area (Å²) in [6, 6.07) is 41.5. The van der Waals surface area contributed by atoms with E-state index in [9.17, 15) is 9.18 Å². The molecular formula is C45H56FNO5S. The van der Waals surface area contributed by atoms with Crippen LogP contribution in [0.5, 0.6) is 5.75 Å². The van der Waals surface area contributed by atoms with Gasteiger partial charge in [0.25, 0.3) is 0 Å². The summed E-state index contributed by atoms with van der Waals surface area (Å²) >= 11 is 4.10. The van der Waals surface area contributed by atoms with E-state index < -0.39 is 0 Å². The predicted molar refractivity (Wildman–Crippen MR) is 222 cm³/mol. The number of anilines is 1. The lowest BCUT2D eigenvalue weighted by Crippen LogP contribution is -2.46. The summed E-state index contributed by atoms with van der Waals surface area (Å²) in [6.45, 7) is 8.57. The SMILES string of the molecule is C=O.CC.COC.COC.Cc1ccc(-c2ccc(C3CC(=O)N3c3ccccc3)c(OCc3ccccc3)c2)cc1.Fc1ccc(CCCS)cc1. The smallest absolute Gasteiger partial charge is 0.230 e. The third kappa shape index (κ3) is 16.2. The number of carbonyl (C=O) groups excluding carboxylic acids is 2. The molecule has 5 aromatic rings. The standard InChI is InChI=1S/C29H25NO2.C9H11FS.2C2H6O.C2H6.CH2O/c1-21-12-14-23(15-13-21)24-16-17-26(28(18-24)32-20-22-8-4-2-5-9-22)27-19-29(31)30(27)25-10-6-3-7-11-25;10-9-5-3-8(4-6-9)2-1-7-11;2*1-3-2;2*1-2/h2-18,27H,19-20H2,1H3;3-6,11H,1-2,7H2;2*1-2H3;1-2H3;1H2. The minimum absolute atomic E-state index is 0.0252. The van der Waals surface area contributed by atoms with E-state index in [-0.39, 0.29) is 17.8 Å². The quantitative estimate of drug-likeness (QED) is 0.120. The first kappa shape index (κ1) is 46.3. The van der Waals surface area contributed by atoms with Gasteiger partial charge in [-0.3, -0.25) is 4.79 Å². The topological polar surface area (TPSA) is 65.1 Å². The average Bonchev–Trinajstić information content (AvgIpc) is 3.19. The first-order valence-corrected chi connectivity index (χ1v) is 18.2. The summed E-state index contributed by atoms with van der Waals surface area (Å²) in [7, 11) is 6.50. The van der Waals surface area contributed by atoms with Crippen LogP contribution in [0.25, 0.3) is 11.1 Å².